The number of hydrogen-bond acceptors (Lipinski definition) is 4. The molecule has 4 bridgehead atoms. The summed E-state index contributed by atoms with van der Waals surface area (Å²) >= 11 is 0. The third-order valence-corrected chi connectivity index (χ3v) is 7.35. The molecule has 0 aromatic heterocycles. The zero-order chi connectivity index (χ0) is 16.2. The second kappa shape index (κ2) is 6.40. The van der Waals surface area contributed by atoms with Crippen LogP contribution in [0.4, 0.5) is 0 Å². The van der Waals surface area contributed by atoms with Crippen LogP contribution < -0.4 is 39.4 Å². The Labute approximate surface area is 164 Å². The monoisotopic (exact) mass is 357 g/mol. The van der Waals surface area contributed by atoms with E-state index in [0.29, 0.717) is 17.8 Å². The first-order valence-corrected chi connectivity index (χ1v) is 9.69. The van der Waals surface area contributed by atoms with Gasteiger partial charge in [0, 0.05) is 5.54 Å². The van der Waals surface area contributed by atoms with Crippen molar-refractivity contribution in [2.45, 2.75) is 49.0 Å². The number of hydrogen-bond donors (Lipinski definition) is 1. The van der Waals surface area contributed by atoms with Gasteiger partial charge < -0.3 is 9.90 Å². The fourth-order valence-corrected chi connectivity index (χ4v) is 6.85. The summed E-state index contributed by atoms with van der Waals surface area (Å²) in [5.74, 6) is 0.548. The Bertz CT molecular complexity index is 726. The minimum Gasteiger partial charge on any atom is -0.545 e. The van der Waals surface area contributed by atoms with Crippen LogP contribution in [-0.4, -0.2) is 19.9 Å². The predicted octanol–water partition coefficient (Wildman–Crippen LogP) is -1.70. The molecule has 0 spiro atoms. The smallest absolute Gasteiger partial charge is 0.545 e. The molecule has 0 unspecified atom stereocenters. The van der Waals surface area contributed by atoms with Gasteiger partial charge in [-0.05, 0) is 74.0 Å². The third kappa shape index (κ3) is 3.31. The summed E-state index contributed by atoms with van der Waals surface area (Å²) in [6, 6.07) is 5.41. The summed E-state index contributed by atoms with van der Waals surface area (Å²) in [6.07, 6.45) is 6.46. The van der Waals surface area contributed by atoms with Crippen LogP contribution >= 0.6 is 0 Å². The number of benzene rings is 1. The van der Waals surface area contributed by atoms with Gasteiger partial charge in [-0.25, -0.2) is 13.1 Å². The van der Waals surface area contributed by atoms with Gasteiger partial charge in [-0.3, -0.25) is 0 Å². The van der Waals surface area contributed by atoms with Crippen molar-refractivity contribution in [3.8, 4) is 0 Å². The van der Waals surface area contributed by atoms with E-state index in [-0.39, 0.29) is 45.6 Å². The zero-order valence-corrected chi connectivity index (χ0v) is 16.6. The molecule has 0 amide bonds. The Balaban J connectivity index is 0.00000169. The average Bonchev–Trinajstić information content (AvgIpc) is 2.44. The topological polar surface area (TPSA) is 86.3 Å². The molecule has 5 nitrogen and oxygen atoms in total. The Hall–Kier alpha value is -0.400. The zero-order valence-electron chi connectivity index (χ0n) is 13.8. The molecule has 4 saturated carbocycles. The number of carbonyl (C=O) groups is 1. The van der Waals surface area contributed by atoms with E-state index in [9.17, 15) is 18.3 Å². The van der Waals surface area contributed by atoms with E-state index >= 15 is 0 Å². The van der Waals surface area contributed by atoms with Gasteiger partial charge in [-0.2, -0.15) is 0 Å². The maximum Gasteiger partial charge on any atom is 1.00 e. The van der Waals surface area contributed by atoms with E-state index < -0.39 is 16.0 Å². The molecule has 5 rings (SSSR count). The van der Waals surface area contributed by atoms with Crippen LogP contribution in [0.2, 0.25) is 0 Å². The van der Waals surface area contributed by atoms with Gasteiger partial charge in [0.05, 0.1) is 10.9 Å². The molecule has 1 aromatic rings. The number of nitrogens with one attached hydrogen (secondary N) is 1. The molecular weight excluding hydrogens is 337 g/mol. The van der Waals surface area contributed by atoms with E-state index in [0.717, 1.165) is 19.3 Å². The van der Waals surface area contributed by atoms with E-state index in [1.54, 1.807) is 0 Å². The molecular formula is C17H20NNaO4S. The molecule has 0 aliphatic heterocycles. The van der Waals surface area contributed by atoms with Crippen molar-refractivity contribution in [3.05, 3.63) is 29.8 Å². The predicted molar refractivity (Wildman–Crippen MR) is 82.0 cm³/mol. The Morgan fingerprint density at radius 1 is 1.08 bits per heavy atom. The molecule has 7 heteroatoms. The van der Waals surface area contributed by atoms with Crippen molar-refractivity contribution >= 4 is 16.0 Å². The summed E-state index contributed by atoms with van der Waals surface area (Å²) in [5, 5.41) is 11.0. The van der Waals surface area contributed by atoms with Gasteiger partial charge in [-0.15, -0.1) is 0 Å². The fraction of sp³-hybridized carbons (Fsp3) is 0.588. The second-order valence-corrected chi connectivity index (χ2v) is 9.30. The summed E-state index contributed by atoms with van der Waals surface area (Å²) in [6.45, 7) is 0. The molecule has 0 heterocycles. The van der Waals surface area contributed by atoms with E-state index in [1.807, 2.05) is 0 Å². The van der Waals surface area contributed by atoms with Crippen LogP contribution in [-0.2, 0) is 10.0 Å². The molecule has 0 radical (unpaired) electrons. The average molecular weight is 357 g/mol. The molecule has 1 N–H and O–H groups in total. The van der Waals surface area contributed by atoms with Crippen molar-refractivity contribution in [1.82, 2.24) is 4.72 Å². The SMILES string of the molecule is O=C([O-])c1cccc(S(=O)(=O)NC23CC4CC(CC(C4)C2)C3)c1.[Na+]. The van der Waals surface area contributed by atoms with Gasteiger partial charge in [-0.1, -0.05) is 12.1 Å². The van der Waals surface area contributed by atoms with Crippen molar-refractivity contribution in [2.24, 2.45) is 17.8 Å². The molecule has 24 heavy (non-hydrogen) atoms. The van der Waals surface area contributed by atoms with Crippen LogP contribution in [0, 0.1) is 17.8 Å². The molecule has 0 atom stereocenters. The van der Waals surface area contributed by atoms with Crippen LogP contribution in [0.1, 0.15) is 48.9 Å². The van der Waals surface area contributed by atoms with Crippen molar-refractivity contribution in [2.75, 3.05) is 0 Å². The maximum absolute atomic E-state index is 12.8. The van der Waals surface area contributed by atoms with E-state index in [1.165, 1.54) is 43.5 Å². The van der Waals surface area contributed by atoms with E-state index in [2.05, 4.69) is 4.72 Å². The van der Waals surface area contributed by atoms with Crippen LogP contribution in [0.3, 0.4) is 0 Å². The first-order valence-electron chi connectivity index (χ1n) is 8.21. The van der Waals surface area contributed by atoms with Crippen LogP contribution in [0.5, 0.6) is 0 Å². The van der Waals surface area contributed by atoms with Crippen LogP contribution in [0.15, 0.2) is 29.2 Å². The van der Waals surface area contributed by atoms with Crippen molar-refractivity contribution in [1.29, 1.82) is 0 Å². The minimum atomic E-state index is -3.72. The summed E-state index contributed by atoms with van der Waals surface area (Å²) in [5.41, 5.74) is -0.441. The summed E-state index contributed by atoms with van der Waals surface area (Å²) in [7, 11) is -3.72. The first kappa shape index (κ1) is 18.4. The maximum atomic E-state index is 12.8. The van der Waals surface area contributed by atoms with Gasteiger partial charge in [0.25, 0.3) is 0 Å². The molecule has 1 aromatic carbocycles. The summed E-state index contributed by atoms with van der Waals surface area (Å²) in [4.78, 5) is 11.0. The fourth-order valence-electron chi connectivity index (χ4n) is 5.37. The molecule has 124 valence electrons. The molecule has 4 aliphatic rings. The third-order valence-electron chi connectivity index (χ3n) is 5.77. The van der Waals surface area contributed by atoms with Gasteiger partial charge in [0.2, 0.25) is 10.0 Å². The molecule has 4 aliphatic carbocycles. The van der Waals surface area contributed by atoms with Gasteiger partial charge >= 0.3 is 29.6 Å². The number of carbonyl (C=O) groups excluding carboxylic acids is 1. The first-order chi connectivity index (χ1) is 10.9. The van der Waals surface area contributed by atoms with Gasteiger partial charge in [0.1, 0.15) is 0 Å². The van der Waals surface area contributed by atoms with Crippen molar-refractivity contribution < 1.29 is 47.9 Å². The Kier molecular flexibility index (Phi) is 4.90. The van der Waals surface area contributed by atoms with Crippen molar-refractivity contribution in [3.63, 3.8) is 0 Å². The van der Waals surface area contributed by atoms with E-state index in [4.69, 9.17) is 0 Å². The normalized spacial score (nSPS) is 33.9. The minimum absolute atomic E-state index is 0. The van der Waals surface area contributed by atoms with Crippen LogP contribution in [0.25, 0.3) is 0 Å². The number of aromatic carboxylic acids is 1. The number of carboxylic acid groups (broad SMARTS) is 1. The standard InChI is InChI=1S/C17H21NO4S.Na/c19-16(20)14-2-1-3-15(7-14)23(21,22)18-17-8-11-4-12(9-17)6-13(5-11)10-17;/h1-3,7,11-13,18H,4-6,8-10H2,(H,19,20);/q;+1/p-1. The largest absolute Gasteiger partial charge is 1.00 e. The number of carboxylic acids is 1. The Morgan fingerprint density at radius 3 is 2.12 bits per heavy atom. The molecule has 0 saturated heterocycles. The quantitative estimate of drug-likeness (QED) is 0.651. The number of rotatable bonds is 4. The summed E-state index contributed by atoms with van der Waals surface area (Å²) < 4.78 is 28.5. The number of sulfonamides is 1. The van der Waals surface area contributed by atoms with Gasteiger partial charge in [0.15, 0.2) is 0 Å². The molecule has 4 fully saturated rings. The Morgan fingerprint density at radius 2 is 1.62 bits per heavy atom. The second-order valence-electron chi connectivity index (χ2n) is 7.62.